The van der Waals surface area contributed by atoms with Crippen LogP contribution in [0, 0.1) is 20.8 Å². The zero-order chi connectivity index (χ0) is 15.7. The van der Waals surface area contributed by atoms with Gasteiger partial charge in [0.15, 0.2) is 5.69 Å². The smallest absolute Gasteiger partial charge is 0.274 e. The summed E-state index contributed by atoms with van der Waals surface area (Å²) in [4.78, 5) is 14.4. The fraction of sp³-hybridized carbons (Fsp3) is 0.412. The number of hydrogen-bond donors (Lipinski definition) is 1. The molecule has 22 heavy (non-hydrogen) atoms. The molecule has 1 amide bonds. The zero-order valence-electron chi connectivity index (χ0n) is 13.4. The Hall–Kier alpha value is -2.14. The Kier molecular flexibility index (Phi) is 3.98. The van der Waals surface area contributed by atoms with Gasteiger partial charge in [0, 0.05) is 31.9 Å². The van der Waals surface area contributed by atoms with Crippen LogP contribution in [0.1, 0.15) is 27.3 Å². The number of carbonyl (C=O) groups excluding carboxylic acids is 1. The second kappa shape index (κ2) is 5.93. The van der Waals surface area contributed by atoms with Gasteiger partial charge >= 0.3 is 0 Å². The van der Waals surface area contributed by atoms with Gasteiger partial charge in [-0.1, -0.05) is 6.07 Å². The number of aromatic nitrogens is 2. The van der Waals surface area contributed by atoms with Gasteiger partial charge in [-0.3, -0.25) is 4.79 Å². The Morgan fingerprint density at radius 2 is 1.68 bits per heavy atom. The topological polar surface area (TPSA) is 50.2 Å². The fourth-order valence-corrected chi connectivity index (χ4v) is 2.94. The van der Waals surface area contributed by atoms with E-state index in [0.717, 1.165) is 37.6 Å². The third kappa shape index (κ3) is 2.90. The molecule has 5 heteroatoms. The molecule has 1 aromatic carbocycles. The fourth-order valence-electron chi connectivity index (χ4n) is 2.94. The molecule has 1 fully saturated rings. The highest BCUT2D eigenvalue weighted by atomic mass is 16.2. The van der Waals surface area contributed by atoms with Crippen molar-refractivity contribution in [3.63, 3.8) is 0 Å². The molecule has 1 N–H and O–H groups in total. The number of carbonyl (C=O) groups is 1. The van der Waals surface area contributed by atoms with Crippen molar-refractivity contribution in [1.82, 2.24) is 20.0 Å². The third-order valence-corrected chi connectivity index (χ3v) is 3.96. The number of hydrogen-bond acceptors (Lipinski definition) is 3. The molecule has 0 spiro atoms. The first-order chi connectivity index (χ1) is 10.5. The lowest BCUT2D eigenvalue weighted by Crippen LogP contribution is -2.46. The minimum absolute atomic E-state index is 0.0210. The number of nitrogens with one attached hydrogen (secondary N) is 1. The van der Waals surface area contributed by atoms with E-state index in [1.165, 1.54) is 11.1 Å². The van der Waals surface area contributed by atoms with Crippen LogP contribution < -0.4 is 5.32 Å². The second-order valence-electron chi connectivity index (χ2n) is 5.97. The predicted octanol–water partition coefficient (Wildman–Crippen LogP) is 1.84. The average Bonchev–Trinajstić information content (AvgIpc) is 2.88. The van der Waals surface area contributed by atoms with Crippen LogP contribution in [0.3, 0.4) is 0 Å². The van der Waals surface area contributed by atoms with E-state index >= 15 is 0 Å². The van der Waals surface area contributed by atoms with E-state index < -0.39 is 0 Å². The van der Waals surface area contributed by atoms with Crippen molar-refractivity contribution < 1.29 is 4.79 Å². The standard InChI is InChI=1S/C17H22N4O/c1-12-8-13(2)10-15(9-12)21-14(3)11-16(19-21)17(22)20-6-4-18-5-7-20/h8-11,18H,4-7H2,1-3H3. The number of nitrogens with zero attached hydrogens (tertiary/aromatic N) is 3. The van der Waals surface area contributed by atoms with Gasteiger partial charge in [-0.05, 0) is 50.1 Å². The summed E-state index contributed by atoms with van der Waals surface area (Å²) in [6.45, 7) is 9.32. The quantitative estimate of drug-likeness (QED) is 0.920. The maximum atomic E-state index is 12.6. The lowest BCUT2D eigenvalue weighted by atomic mass is 10.1. The zero-order valence-corrected chi connectivity index (χ0v) is 13.4. The monoisotopic (exact) mass is 298 g/mol. The molecule has 0 aliphatic carbocycles. The maximum Gasteiger partial charge on any atom is 0.274 e. The van der Waals surface area contributed by atoms with Crippen molar-refractivity contribution in [1.29, 1.82) is 0 Å². The first kappa shape index (κ1) is 14.8. The number of piperazine rings is 1. The molecule has 0 bridgehead atoms. The van der Waals surface area contributed by atoms with Crippen LogP contribution in [0.25, 0.3) is 5.69 Å². The molecule has 1 aliphatic heterocycles. The SMILES string of the molecule is Cc1cc(C)cc(-n2nc(C(=O)N3CCNCC3)cc2C)c1. The van der Waals surface area contributed by atoms with Crippen LogP contribution in [0.2, 0.25) is 0 Å². The van der Waals surface area contributed by atoms with E-state index in [4.69, 9.17) is 0 Å². The highest BCUT2D eigenvalue weighted by Crippen LogP contribution is 2.17. The van der Waals surface area contributed by atoms with Gasteiger partial charge in [-0.2, -0.15) is 5.10 Å². The third-order valence-electron chi connectivity index (χ3n) is 3.96. The summed E-state index contributed by atoms with van der Waals surface area (Å²) in [6.07, 6.45) is 0. The molecule has 1 aliphatic rings. The Morgan fingerprint density at radius 1 is 1.05 bits per heavy atom. The van der Waals surface area contributed by atoms with Crippen LogP contribution in [-0.4, -0.2) is 46.8 Å². The Bertz CT molecular complexity index is 678. The first-order valence-corrected chi connectivity index (χ1v) is 7.70. The molecular formula is C17H22N4O. The van der Waals surface area contributed by atoms with Crippen molar-refractivity contribution in [2.24, 2.45) is 0 Å². The summed E-state index contributed by atoms with van der Waals surface area (Å²) in [5.41, 5.74) is 4.90. The van der Waals surface area contributed by atoms with Gasteiger partial charge in [-0.15, -0.1) is 0 Å². The first-order valence-electron chi connectivity index (χ1n) is 7.70. The summed E-state index contributed by atoms with van der Waals surface area (Å²) in [7, 11) is 0. The van der Waals surface area contributed by atoms with Crippen molar-refractivity contribution in [2.45, 2.75) is 20.8 Å². The normalized spacial score (nSPS) is 15.1. The van der Waals surface area contributed by atoms with E-state index in [2.05, 4.69) is 42.5 Å². The summed E-state index contributed by atoms with van der Waals surface area (Å²) in [5.74, 6) is 0.0210. The molecule has 1 aromatic heterocycles. The Labute approximate surface area is 130 Å². The van der Waals surface area contributed by atoms with Crippen LogP contribution in [0.4, 0.5) is 0 Å². The number of benzene rings is 1. The summed E-state index contributed by atoms with van der Waals surface area (Å²) in [5, 5.41) is 7.80. The molecule has 3 rings (SSSR count). The van der Waals surface area contributed by atoms with E-state index in [9.17, 15) is 4.79 Å². The number of aryl methyl sites for hydroxylation is 3. The van der Waals surface area contributed by atoms with E-state index in [1.807, 2.05) is 22.6 Å². The highest BCUT2D eigenvalue weighted by Gasteiger charge is 2.21. The average molecular weight is 298 g/mol. The van der Waals surface area contributed by atoms with E-state index in [0.29, 0.717) is 5.69 Å². The molecular weight excluding hydrogens is 276 g/mol. The molecule has 116 valence electrons. The van der Waals surface area contributed by atoms with Crippen LogP contribution >= 0.6 is 0 Å². The minimum Gasteiger partial charge on any atom is -0.335 e. The molecule has 5 nitrogen and oxygen atoms in total. The Balaban J connectivity index is 1.91. The van der Waals surface area contributed by atoms with Crippen LogP contribution in [-0.2, 0) is 0 Å². The Morgan fingerprint density at radius 3 is 2.32 bits per heavy atom. The summed E-state index contributed by atoms with van der Waals surface area (Å²) >= 11 is 0. The van der Waals surface area contributed by atoms with Gasteiger partial charge in [-0.25, -0.2) is 4.68 Å². The predicted molar refractivity (Wildman–Crippen MR) is 86.5 cm³/mol. The molecule has 0 atom stereocenters. The lowest BCUT2D eigenvalue weighted by molar-refractivity contribution is 0.0729. The summed E-state index contributed by atoms with van der Waals surface area (Å²) < 4.78 is 1.86. The van der Waals surface area contributed by atoms with E-state index in [1.54, 1.807) is 0 Å². The second-order valence-corrected chi connectivity index (χ2v) is 5.97. The van der Waals surface area contributed by atoms with Gasteiger partial charge in [0.25, 0.3) is 5.91 Å². The van der Waals surface area contributed by atoms with Crippen molar-refractivity contribution in [3.8, 4) is 5.69 Å². The lowest BCUT2D eigenvalue weighted by Gasteiger charge is -2.26. The van der Waals surface area contributed by atoms with Crippen molar-refractivity contribution in [2.75, 3.05) is 26.2 Å². The molecule has 0 saturated carbocycles. The van der Waals surface area contributed by atoms with E-state index in [-0.39, 0.29) is 5.91 Å². The van der Waals surface area contributed by atoms with Crippen molar-refractivity contribution >= 4 is 5.91 Å². The van der Waals surface area contributed by atoms with Crippen LogP contribution in [0.5, 0.6) is 0 Å². The van der Waals surface area contributed by atoms with Gasteiger partial charge < -0.3 is 10.2 Å². The minimum atomic E-state index is 0.0210. The highest BCUT2D eigenvalue weighted by molar-refractivity contribution is 5.92. The maximum absolute atomic E-state index is 12.6. The molecule has 0 radical (unpaired) electrons. The molecule has 2 aromatic rings. The molecule has 1 saturated heterocycles. The molecule has 0 unspecified atom stereocenters. The summed E-state index contributed by atoms with van der Waals surface area (Å²) in [6, 6.07) is 8.19. The van der Waals surface area contributed by atoms with Gasteiger partial charge in [0.2, 0.25) is 0 Å². The molecule has 2 heterocycles. The van der Waals surface area contributed by atoms with Gasteiger partial charge in [0.05, 0.1) is 5.69 Å². The van der Waals surface area contributed by atoms with Crippen molar-refractivity contribution in [3.05, 3.63) is 46.8 Å². The number of rotatable bonds is 2. The van der Waals surface area contributed by atoms with Crippen LogP contribution in [0.15, 0.2) is 24.3 Å². The number of amides is 1. The largest absolute Gasteiger partial charge is 0.335 e. The van der Waals surface area contributed by atoms with Gasteiger partial charge in [0.1, 0.15) is 0 Å².